The standard InChI is InChI=1S/C23H18ClNO5/c24-16-10-8-14(9-11-16)20(26)13-30-23(29)15-4-3-5-17(12-15)25-21(27)18-6-1-2-7-19(18)22(25)28/h1-5,8-12,18-19H,6-7,13H2/t18-,19-/m0/s1. The first kappa shape index (κ1) is 20.0. The molecule has 4 rings (SSSR count). The van der Waals surface area contributed by atoms with Gasteiger partial charge in [0.05, 0.1) is 23.1 Å². The minimum absolute atomic E-state index is 0.157. The first-order valence-electron chi connectivity index (χ1n) is 9.54. The Bertz CT molecular complexity index is 1030. The molecule has 2 aromatic rings. The first-order chi connectivity index (χ1) is 14.5. The number of hydrogen-bond donors (Lipinski definition) is 0. The van der Waals surface area contributed by atoms with Crippen LogP contribution in [0, 0.1) is 11.8 Å². The summed E-state index contributed by atoms with van der Waals surface area (Å²) in [5.74, 6) is -2.28. The first-order valence-corrected chi connectivity index (χ1v) is 9.92. The van der Waals surface area contributed by atoms with Crippen LogP contribution in [0.15, 0.2) is 60.7 Å². The molecule has 1 heterocycles. The number of carbonyl (C=O) groups excluding carboxylic acids is 4. The lowest BCUT2D eigenvalue weighted by molar-refractivity contribution is -0.122. The molecule has 2 aliphatic rings. The van der Waals surface area contributed by atoms with Crippen molar-refractivity contribution in [2.45, 2.75) is 12.8 Å². The molecule has 0 aromatic heterocycles. The summed E-state index contributed by atoms with van der Waals surface area (Å²) >= 11 is 5.80. The van der Waals surface area contributed by atoms with E-state index < -0.39 is 12.6 Å². The Balaban J connectivity index is 1.46. The van der Waals surface area contributed by atoms with Gasteiger partial charge in [-0.3, -0.25) is 19.3 Å². The fourth-order valence-electron chi connectivity index (χ4n) is 3.76. The third-order valence-electron chi connectivity index (χ3n) is 5.35. The van der Waals surface area contributed by atoms with E-state index in [1.807, 2.05) is 12.2 Å². The molecule has 0 radical (unpaired) electrons. The zero-order chi connectivity index (χ0) is 21.3. The number of rotatable bonds is 5. The summed E-state index contributed by atoms with van der Waals surface area (Å²) in [5, 5.41) is 0.502. The highest BCUT2D eigenvalue weighted by molar-refractivity contribution is 6.30. The maximum atomic E-state index is 12.7. The molecule has 1 aliphatic carbocycles. The van der Waals surface area contributed by atoms with Gasteiger partial charge in [-0.15, -0.1) is 0 Å². The van der Waals surface area contributed by atoms with E-state index in [-0.39, 0.29) is 35.0 Å². The Hall–Kier alpha value is -3.25. The largest absolute Gasteiger partial charge is 0.454 e. The molecule has 1 aliphatic heterocycles. The summed E-state index contributed by atoms with van der Waals surface area (Å²) in [6, 6.07) is 12.4. The van der Waals surface area contributed by atoms with E-state index >= 15 is 0 Å². The molecule has 1 saturated heterocycles. The van der Waals surface area contributed by atoms with Crippen LogP contribution in [-0.4, -0.2) is 30.2 Å². The fourth-order valence-corrected chi connectivity index (χ4v) is 3.89. The van der Waals surface area contributed by atoms with Gasteiger partial charge in [0.1, 0.15) is 0 Å². The van der Waals surface area contributed by atoms with Crippen LogP contribution in [-0.2, 0) is 14.3 Å². The van der Waals surface area contributed by atoms with Crippen LogP contribution in [0.5, 0.6) is 0 Å². The molecular formula is C23H18ClNO5. The van der Waals surface area contributed by atoms with Gasteiger partial charge in [0.25, 0.3) is 0 Å². The lowest BCUT2D eigenvalue weighted by atomic mass is 9.85. The topological polar surface area (TPSA) is 80.8 Å². The van der Waals surface area contributed by atoms with Gasteiger partial charge in [0.15, 0.2) is 12.4 Å². The highest BCUT2D eigenvalue weighted by Crippen LogP contribution is 2.37. The van der Waals surface area contributed by atoms with Crippen molar-refractivity contribution in [3.05, 3.63) is 76.8 Å². The molecule has 152 valence electrons. The maximum absolute atomic E-state index is 12.7. The molecule has 7 heteroatoms. The predicted octanol–water partition coefficient (Wildman–Crippen LogP) is 3.84. The number of Topliss-reactive ketones (excluding diaryl/α,β-unsaturated/α-hetero) is 1. The molecule has 30 heavy (non-hydrogen) atoms. The summed E-state index contributed by atoms with van der Waals surface area (Å²) in [6.45, 7) is -0.428. The van der Waals surface area contributed by atoms with Crippen LogP contribution < -0.4 is 4.90 Å². The third-order valence-corrected chi connectivity index (χ3v) is 5.60. The number of halogens is 1. The molecule has 0 spiro atoms. The van der Waals surface area contributed by atoms with Gasteiger partial charge in [0, 0.05) is 10.6 Å². The number of imide groups is 1. The Morgan fingerprint density at radius 3 is 2.20 bits per heavy atom. The fraction of sp³-hybridized carbons (Fsp3) is 0.217. The Morgan fingerprint density at radius 2 is 1.57 bits per heavy atom. The zero-order valence-corrected chi connectivity index (χ0v) is 16.7. The van der Waals surface area contributed by atoms with Crippen molar-refractivity contribution in [2.75, 3.05) is 11.5 Å². The van der Waals surface area contributed by atoms with Gasteiger partial charge in [-0.05, 0) is 55.3 Å². The lowest BCUT2D eigenvalue weighted by Gasteiger charge is -2.15. The van der Waals surface area contributed by atoms with E-state index in [1.165, 1.54) is 12.1 Å². The molecule has 2 atom stereocenters. The minimum Gasteiger partial charge on any atom is -0.454 e. The van der Waals surface area contributed by atoms with E-state index in [4.69, 9.17) is 16.3 Å². The van der Waals surface area contributed by atoms with Crippen LogP contribution in [0.2, 0.25) is 5.02 Å². The van der Waals surface area contributed by atoms with Gasteiger partial charge < -0.3 is 4.74 Å². The second-order valence-electron chi connectivity index (χ2n) is 7.22. The van der Waals surface area contributed by atoms with E-state index in [1.54, 1.807) is 36.4 Å². The highest BCUT2D eigenvalue weighted by atomic mass is 35.5. The average molecular weight is 424 g/mol. The quantitative estimate of drug-likeness (QED) is 0.316. The van der Waals surface area contributed by atoms with Crippen molar-refractivity contribution in [1.82, 2.24) is 0 Å². The molecular weight excluding hydrogens is 406 g/mol. The summed E-state index contributed by atoms with van der Waals surface area (Å²) in [6.07, 6.45) is 4.92. The SMILES string of the molecule is O=C(COC(=O)c1cccc(N2C(=O)[C@H]3CC=CC[C@@H]3C2=O)c1)c1ccc(Cl)cc1. The lowest BCUT2D eigenvalue weighted by Crippen LogP contribution is -2.31. The average Bonchev–Trinajstić information content (AvgIpc) is 3.03. The number of fused-ring (bicyclic) bond motifs is 1. The Kier molecular flexibility index (Phi) is 5.50. The van der Waals surface area contributed by atoms with Crippen molar-refractivity contribution in [2.24, 2.45) is 11.8 Å². The smallest absolute Gasteiger partial charge is 0.338 e. The number of amides is 2. The number of ether oxygens (including phenoxy) is 1. The monoisotopic (exact) mass is 423 g/mol. The van der Waals surface area contributed by atoms with E-state index in [0.717, 1.165) is 4.90 Å². The molecule has 0 N–H and O–H groups in total. The second-order valence-corrected chi connectivity index (χ2v) is 7.66. The molecule has 0 unspecified atom stereocenters. The number of nitrogens with zero attached hydrogens (tertiary/aromatic N) is 1. The summed E-state index contributed by atoms with van der Waals surface area (Å²) in [5.41, 5.74) is 0.869. The van der Waals surface area contributed by atoms with Crippen LogP contribution >= 0.6 is 11.6 Å². The molecule has 1 fully saturated rings. The third kappa shape index (κ3) is 3.78. The van der Waals surface area contributed by atoms with Gasteiger partial charge in [-0.2, -0.15) is 0 Å². The molecule has 0 saturated carbocycles. The summed E-state index contributed by atoms with van der Waals surface area (Å²) < 4.78 is 5.12. The second kappa shape index (κ2) is 8.24. The van der Waals surface area contributed by atoms with Crippen molar-refractivity contribution >= 4 is 40.9 Å². The van der Waals surface area contributed by atoms with Gasteiger partial charge in [-0.1, -0.05) is 29.8 Å². The summed E-state index contributed by atoms with van der Waals surface area (Å²) in [7, 11) is 0. The zero-order valence-electron chi connectivity index (χ0n) is 15.9. The molecule has 6 nitrogen and oxygen atoms in total. The van der Waals surface area contributed by atoms with Gasteiger partial charge in [-0.25, -0.2) is 4.79 Å². The number of allylic oxidation sites excluding steroid dienone is 2. The van der Waals surface area contributed by atoms with Crippen molar-refractivity contribution in [1.29, 1.82) is 0 Å². The number of ketones is 1. The van der Waals surface area contributed by atoms with Gasteiger partial charge in [0.2, 0.25) is 11.8 Å². The number of hydrogen-bond acceptors (Lipinski definition) is 5. The molecule has 2 amide bonds. The highest BCUT2D eigenvalue weighted by Gasteiger charge is 2.47. The number of anilines is 1. The number of carbonyl (C=O) groups is 4. The van der Waals surface area contributed by atoms with E-state index in [0.29, 0.717) is 29.1 Å². The van der Waals surface area contributed by atoms with E-state index in [2.05, 4.69) is 0 Å². The molecule has 0 bridgehead atoms. The van der Waals surface area contributed by atoms with Crippen LogP contribution in [0.4, 0.5) is 5.69 Å². The number of benzene rings is 2. The van der Waals surface area contributed by atoms with E-state index in [9.17, 15) is 19.2 Å². The van der Waals surface area contributed by atoms with Crippen molar-refractivity contribution < 1.29 is 23.9 Å². The molecule has 2 aromatic carbocycles. The maximum Gasteiger partial charge on any atom is 0.338 e. The minimum atomic E-state index is -0.711. The number of esters is 1. The Labute approximate surface area is 178 Å². The Morgan fingerprint density at radius 1 is 0.933 bits per heavy atom. The summed E-state index contributed by atoms with van der Waals surface area (Å²) in [4.78, 5) is 51.2. The van der Waals surface area contributed by atoms with Gasteiger partial charge >= 0.3 is 5.97 Å². The van der Waals surface area contributed by atoms with Crippen molar-refractivity contribution in [3.63, 3.8) is 0 Å². The van der Waals surface area contributed by atoms with Crippen molar-refractivity contribution in [3.8, 4) is 0 Å². The predicted molar refractivity (Wildman–Crippen MR) is 110 cm³/mol. The van der Waals surface area contributed by atoms with Crippen LogP contribution in [0.3, 0.4) is 0 Å². The normalized spacial score (nSPS) is 20.2. The van der Waals surface area contributed by atoms with Crippen LogP contribution in [0.25, 0.3) is 0 Å². The van der Waals surface area contributed by atoms with Crippen LogP contribution in [0.1, 0.15) is 33.6 Å².